The van der Waals surface area contributed by atoms with Crippen LogP contribution < -0.4 is 10.1 Å². The van der Waals surface area contributed by atoms with Crippen LogP contribution in [0.1, 0.15) is 5.56 Å². The predicted octanol–water partition coefficient (Wildman–Crippen LogP) is 5.10. The molecule has 21 heavy (non-hydrogen) atoms. The van der Waals surface area contributed by atoms with Crippen LogP contribution >= 0.6 is 15.9 Å². The van der Waals surface area contributed by atoms with E-state index >= 15 is 0 Å². The predicted molar refractivity (Wildman–Crippen MR) is 74.6 cm³/mol. The first-order valence-corrected chi connectivity index (χ1v) is 6.66. The summed E-state index contributed by atoms with van der Waals surface area (Å²) in [6.07, 6.45) is -4.71. The molecule has 0 bridgehead atoms. The average molecular weight is 364 g/mol. The van der Waals surface area contributed by atoms with Gasteiger partial charge in [-0.2, -0.15) is 0 Å². The molecule has 0 unspecified atom stereocenters. The number of ether oxygens (including phenoxy) is 1. The highest BCUT2D eigenvalue weighted by molar-refractivity contribution is 9.10. The maximum atomic E-state index is 13.1. The van der Waals surface area contributed by atoms with E-state index in [-0.39, 0.29) is 18.1 Å². The fourth-order valence-electron chi connectivity index (χ4n) is 1.66. The molecule has 0 aliphatic heterocycles. The summed E-state index contributed by atoms with van der Waals surface area (Å²) >= 11 is 3.06. The van der Waals surface area contributed by atoms with Crippen LogP contribution in [-0.2, 0) is 6.54 Å². The third-order valence-electron chi connectivity index (χ3n) is 2.55. The van der Waals surface area contributed by atoms with Crippen molar-refractivity contribution in [1.29, 1.82) is 0 Å². The number of nitrogens with one attached hydrogen (secondary N) is 1. The summed E-state index contributed by atoms with van der Waals surface area (Å²) < 4.78 is 53.6. The van der Waals surface area contributed by atoms with Gasteiger partial charge in [-0.05, 0) is 51.8 Å². The Bertz CT molecular complexity index is 631. The van der Waals surface area contributed by atoms with E-state index in [9.17, 15) is 17.6 Å². The van der Waals surface area contributed by atoms with Gasteiger partial charge in [-0.3, -0.25) is 0 Å². The highest BCUT2D eigenvalue weighted by Crippen LogP contribution is 2.24. The van der Waals surface area contributed by atoms with Gasteiger partial charge < -0.3 is 10.1 Å². The van der Waals surface area contributed by atoms with Crippen LogP contribution in [-0.4, -0.2) is 6.36 Å². The van der Waals surface area contributed by atoms with E-state index in [1.807, 2.05) is 0 Å². The maximum absolute atomic E-state index is 13.1. The Kier molecular flexibility index (Phi) is 4.72. The molecule has 0 aliphatic rings. The minimum Gasteiger partial charge on any atom is -0.406 e. The Morgan fingerprint density at radius 1 is 1.10 bits per heavy atom. The fraction of sp³-hybridized carbons (Fsp3) is 0.143. The quantitative estimate of drug-likeness (QED) is 0.763. The summed E-state index contributed by atoms with van der Waals surface area (Å²) in [5, 5.41) is 2.99. The summed E-state index contributed by atoms with van der Waals surface area (Å²) in [4.78, 5) is 0. The van der Waals surface area contributed by atoms with E-state index in [2.05, 4.69) is 26.0 Å². The molecule has 0 spiro atoms. The van der Waals surface area contributed by atoms with Crippen LogP contribution in [0.4, 0.5) is 23.2 Å². The van der Waals surface area contributed by atoms with Gasteiger partial charge in [0.2, 0.25) is 0 Å². The lowest BCUT2D eigenvalue weighted by Crippen LogP contribution is -2.17. The second-order valence-electron chi connectivity index (χ2n) is 4.18. The molecule has 7 heteroatoms. The zero-order chi connectivity index (χ0) is 15.5. The van der Waals surface area contributed by atoms with Crippen LogP contribution in [0, 0.1) is 5.82 Å². The second kappa shape index (κ2) is 6.34. The Labute approximate surface area is 126 Å². The van der Waals surface area contributed by atoms with Crippen molar-refractivity contribution < 1.29 is 22.3 Å². The van der Waals surface area contributed by atoms with Gasteiger partial charge >= 0.3 is 6.36 Å². The molecule has 0 aliphatic carbocycles. The first-order chi connectivity index (χ1) is 9.83. The molecule has 1 N–H and O–H groups in total. The molecule has 2 nitrogen and oxygen atoms in total. The Morgan fingerprint density at radius 3 is 2.52 bits per heavy atom. The van der Waals surface area contributed by atoms with Crippen LogP contribution in [0.15, 0.2) is 46.9 Å². The van der Waals surface area contributed by atoms with E-state index in [1.165, 1.54) is 30.3 Å². The summed E-state index contributed by atoms with van der Waals surface area (Å²) in [5.41, 5.74) is 1.25. The molecule has 2 rings (SSSR count). The van der Waals surface area contributed by atoms with Crippen molar-refractivity contribution in [3.63, 3.8) is 0 Å². The third-order valence-corrected chi connectivity index (χ3v) is 3.16. The zero-order valence-electron chi connectivity index (χ0n) is 10.5. The van der Waals surface area contributed by atoms with E-state index in [4.69, 9.17) is 0 Å². The Morgan fingerprint density at radius 2 is 1.86 bits per heavy atom. The normalized spacial score (nSPS) is 11.3. The van der Waals surface area contributed by atoms with Gasteiger partial charge in [-0.1, -0.05) is 12.1 Å². The number of hydrogen-bond donors (Lipinski definition) is 1. The summed E-state index contributed by atoms with van der Waals surface area (Å²) in [7, 11) is 0. The number of anilines is 1. The lowest BCUT2D eigenvalue weighted by atomic mass is 10.2. The average Bonchev–Trinajstić information content (AvgIpc) is 2.39. The van der Waals surface area contributed by atoms with Crippen molar-refractivity contribution in [3.8, 4) is 5.75 Å². The van der Waals surface area contributed by atoms with Crippen LogP contribution in [0.5, 0.6) is 5.75 Å². The SMILES string of the molecule is Fc1ccc(NCc2cccc(OC(F)(F)F)c2)cc1Br. The zero-order valence-corrected chi connectivity index (χ0v) is 12.1. The van der Waals surface area contributed by atoms with Gasteiger partial charge in [0, 0.05) is 12.2 Å². The number of hydrogen-bond acceptors (Lipinski definition) is 2. The van der Waals surface area contributed by atoms with Crippen molar-refractivity contribution in [2.75, 3.05) is 5.32 Å². The molecule has 0 atom stereocenters. The summed E-state index contributed by atoms with van der Waals surface area (Å²) in [6, 6.07) is 10.0. The number of rotatable bonds is 4. The molecule has 2 aromatic rings. The largest absolute Gasteiger partial charge is 0.573 e. The number of halogens is 5. The molecule has 0 aromatic heterocycles. The topological polar surface area (TPSA) is 21.3 Å². The van der Waals surface area contributed by atoms with E-state index in [0.717, 1.165) is 0 Å². The lowest BCUT2D eigenvalue weighted by molar-refractivity contribution is -0.274. The molecule has 2 aromatic carbocycles. The molecule has 0 fully saturated rings. The van der Waals surface area contributed by atoms with Crippen LogP contribution in [0.25, 0.3) is 0 Å². The molecule has 0 saturated carbocycles. The van der Waals surface area contributed by atoms with E-state index in [1.54, 1.807) is 12.1 Å². The Balaban J connectivity index is 2.03. The van der Waals surface area contributed by atoms with Crippen LogP contribution in [0.2, 0.25) is 0 Å². The van der Waals surface area contributed by atoms with Gasteiger partial charge in [-0.25, -0.2) is 4.39 Å². The third kappa shape index (κ3) is 4.93. The monoisotopic (exact) mass is 363 g/mol. The molecule has 0 amide bonds. The molecular formula is C14H10BrF4NO. The molecule has 112 valence electrons. The molecular weight excluding hydrogens is 354 g/mol. The van der Waals surface area contributed by atoms with Gasteiger partial charge in [0.25, 0.3) is 0 Å². The lowest BCUT2D eigenvalue weighted by Gasteiger charge is -2.11. The first-order valence-electron chi connectivity index (χ1n) is 5.87. The van der Waals surface area contributed by atoms with Crippen molar-refractivity contribution in [1.82, 2.24) is 0 Å². The number of benzene rings is 2. The number of alkyl halides is 3. The first kappa shape index (κ1) is 15.6. The minimum absolute atomic E-state index is 0.276. The van der Waals surface area contributed by atoms with Crippen molar-refractivity contribution in [2.45, 2.75) is 12.9 Å². The fourth-order valence-corrected chi connectivity index (χ4v) is 2.04. The summed E-state index contributed by atoms with van der Waals surface area (Å²) in [6.45, 7) is 0.285. The van der Waals surface area contributed by atoms with Crippen molar-refractivity contribution >= 4 is 21.6 Å². The second-order valence-corrected chi connectivity index (χ2v) is 5.03. The standard InChI is InChI=1S/C14H10BrF4NO/c15-12-7-10(4-5-13(12)16)20-8-9-2-1-3-11(6-9)21-14(17,18)19/h1-7,20H,8H2. The van der Waals surface area contributed by atoms with Gasteiger partial charge in [0.15, 0.2) is 0 Å². The van der Waals surface area contributed by atoms with Crippen molar-refractivity contribution in [3.05, 3.63) is 58.3 Å². The van der Waals surface area contributed by atoms with Gasteiger partial charge in [-0.15, -0.1) is 13.2 Å². The van der Waals surface area contributed by atoms with Crippen molar-refractivity contribution in [2.24, 2.45) is 0 Å². The smallest absolute Gasteiger partial charge is 0.406 e. The van der Waals surface area contributed by atoms with Gasteiger partial charge in [0.1, 0.15) is 11.6 Å². The molecule has 0 saturated heterocycles. The molecule has 0 heterocycles. The minimum atomic E-state index is -4.71. The highest BCUT2D eigenvalue weighted by atomic mass is 79.9. The van der Waals surface area contributed by atoms with Crippen LogP contribution in [0.3, 0.4) is 0 Å². The van der Waals surface area contributed by atoms with E-state index < -0.39 is 6.36 Å². The van der Waals surface area contributed by atoms with Gasteiger partial charge in [0.05, 0.1) is 4.47 Å². The highest BCUT2D eigenvalue weighted by Gasteiger charge is 2.31. The molecule has 0 radical (unpaired) electrons. The summed E-state index contributed by atoms with van der Waals surface area (Å²) in [5.74, 6) is -0.664. The maximum Gasteiger partial charge on any atom is 0.573 e. The Hall–Kier alpha value is -1.76. The van der Waals surface area contributed by atoms with E-state index in [0.29, 0.717) is 15.7 Å².